The zero-order valence-corrected chi connectivity index (χ0v) is 16.2. The van der Waals surface area contributed by atoms with E-state index in [-0.39, 0.29) is 12.5 Å². The number of allylic oxidation sites excluding steroid dienone is 1. The Morgan fingerprint density at radius 1 is 1.37 bits per heavy atom. The summed E-state index contributed by atoms with van der Waals surface area (Å²) in [4.78, 5) is 18.3. The Bertz CT molecular complexity index is 892. The number of nitrogens with zero attached hydrogens (tertiary/aromatic N) is 3. The second kappa shape index (κ2) is 8.69. The molecule has 0 radical (unpaired) electrons. The monoisotopic (exact) mass is 383 g/mol. The van der Waals surface area contributed by atoms with Gasteiger partial charge in [0.25, 0.3) is 5.91 Å². The van der Waals surface area contributed by atoms with Crippen molar-refractivity contribution in [3.63, 3.8) is 0 Å². The van der Waals surface area contributed by atoms with Crippen LogP contribution in [0.3, 0.4) is 0 Å². The minimum absolute atomic E-state index is 0.00656. The summed E-state index contributed by atoms with van der Waals surface area (Å²) in [5.74, 6) is 1.01. The summed E-state index contributed by atoms with van der Waals surface area (Å²) >= 11 is 1.44. The van der Waals surface area contributed by atoms with Crippen molar-refractivity contribution in [2.45, 2.75) is 19.8 Å². The van der Waals surface area contributed by atoms with Gasteiger partial charge in [-0.15, -0.1) is 11.3 Å². The first-order valence-corrected chi connectivity index (χ1v) is 9.61. The van der Waals surface area contributed by atoms with Crippen molar-refractivity contribution in [3.05, 3.63) is 39.8 Å². The largest absolute Gasteiger partial charge is 0.493 e. The van der Waals surface area contributed by atoms with E-state index in [0.717, 1.165) is 37.2 Å². The van der Waals surface area contributed by atoms with E-state index in [1.807, 2.05) is 23.3 Å². The van der Waals surface area contributed by atoms with E-state index in [2.05, 4.69) is 11.1 Å². The van der Waals surface area contributed by atoms with Crippen LogP contribution in [-0.4, -0.2) is 42.6 Å². The van der Waals surface area contributed by atoms with Gasteiger partial charge in [0.05, 0.1) is 12.7 Å². The van der Waals surface area contributed by atoms with Crippen LogP contribution < -0.4 is 9.47 Å². The van der Waals surface area contributed by atoms with Gasteiger partial charge in [0, 0.05) is 24.2 Å². The molecule has 140 valence electrons. The molecule has 1 amide bonds. The Labute approximate surface area is 162 Å². The summed E-state index contributed by atoms with van der Waals surface area (Å²) in [5.41, 5.74) is 2.18. The average molecular weight is 383 g/mol. The Hall–Kier alpha value is -2.85. The molecule has 1 aliphatic heterocycles. The first-order valence-electron chi connectivity index (χ1n) is 8.73. The highest BCUT2D eigenvalue weighted by atomic mass is 32.1. The molecule has 0 spiro atoms. The summed E-state index contributed by atoms with van der Waals surface area (Å²) < 4.78 is 11.1. The van der Waals surface area contributed by atoms with Crippen LogP contribution in [0.15, 0.2) is 23.6 Å². The van der Waals surface area contributed by atoms with Crippen LogP contribution in [0.25, 0.3) is 11.6 Å². The lowest BCUT2D eigenvalue weighted by atomic mass is 10.1. The van der Waals surface area contributed by atoms with Crippen LogP contribution in [0.2, 0.25) is 0 Å². The number of rotatable bonds is 6. The first-order chi connectivity index (χ1) is 13.1. The van der Waals surface area contributed by atoms with Gasteiger partial charge in [-0.2, -0.15) is 5.26 Å². The molecular weight excluding hydrogens is 362 g/mol. The first kappa shape index (κ1) is 18.9. The molecule has 1 aromatic carbocycles. The standard InChI is InChI=1S/C20H21N3O3S/c1-14-13-27-20(22-14)16(11-21)9-15-5-6-17(18(10-15)25-2)26-12-19(24)23-7-3-4-8-23/h5-6,9-10,13H,3-4,7-8,12H2,1-2H3/b16-9+. The third-order valence-electron chi connectivity index (χ3n) is 4.28. The maximum atomic E-state index is 12.1. The van der Waals surface area contributed by atoms with Gasteiger partial charge in [-0.1, -0.05) is 6.07 Å². The predicted octanol–water partition coefficient (Wildman–Crippen LogP) is 3.53. The van der Waals surface area contributed by atoms with Gasteiger partial charge in [0.15, 0.2) is 18.1 Å². The smallest absolute Gasteiger partial charge is 0.260 e. The molecule has 2 aromatic rings. The number of aryl methyl sites for hydroxylation is 1. The lowest BCUT2D eigenvalue weighted by Gasteiger charge is -2.16. The molecule has 2 heterocycles. The van der Waals surface area contributed by atoms with E-state index in [1.165, 1.54) is 11.3 Å². The number of hydrogen-bond donors (Lipinski definition) is 0. The number of ether oxygens (including phenoxy) is 2. The van der Waals surface area contributed by atoms with Crippen molar-refractivity contribution in [2.24, 2.45) is 0 Å². The highest BCUT2D eigenvalue weighted by Crippen LogP contribution is 2.30. The van der Waals surface area contributed by atoms with Crippen LogP contribution in [0.5, 0.6) is 11.5 Å². The molecule has 6 nitrogen and oxygen atoms in total. The Morgan fingerprint density at radius 2 is 2.15 bits per heavy atom. The highest BCUT2D eigenvalue weighted by molar-refractivity contribution is 7.11. The number of nitriles is 1. The minimum Gasteiger partial charge on any atom is -0.493 e. The van der Waals surface area contributed by atoms with Crippen molar-refractivity contribution in [3.8, 4) is 17.6 Å². The van der Waals surface area contributed by atoms with Gasteiger partial charge in [-0.3, -0.25) is 4.79 Å². The van der Waals surface area contributed by atoms with Crippen molar-refractivity contribution >= 4 is 28.9 Å². The van der Waals surface area contributed by atoms with E-state index in [4.69, 9.17) is 9.47 Å². The molecule has 0 aliphatic carbocycles. The van der Waals surface area contributed by atoms with Crippen LogP contribution in [-0.2, 0) is 4.79 Å². The molecule has 1 fully saturated rings. The minimum atomic E-state index is -0.00979. The molecule has 1 aliphatic rings. The second-order valence-corrected chi connectivity index (χ2v) is 7.11. The second-order valence-electron chi connectivity index (χ2n) is 6.25. The summed E-state index contributed by atoms with van der Waals surface area (Å²) in [6, 6.07) is 7.56. The maximum Gasteiger partial charge on any atom is 0.260 e. The maximum absolute atomic E-state index is 12.1. The Balaban J connectivity index is 1.74. The van der Waals surface area contributed by atoms with Crippen molar-refractivity contribution in [1.82, 2.24) is 9.88 Å². The molecule has 0 saturated carbocycles. The van der Waals surface area contributed by atoms with E-state index in [9.17, 15) is 10.1 Å². The van der Waals surface area contributed by atoms with Gasteiger partial charge in [-0.05, 0) is 43.5 Å². The third-order valence-corrected chi connectivity index (χ3v) is 5.27. The van der Waals surface area contributed by atoms with Gasteiger partial charge in [0.1, 0.15) is 11.1 Å². The average Bonchev–Trinajstić information content (AvgIpc) is 3.36. The number of aromatic nitrogens is 1. The zero-order chi connectivity index (χ0) is 19.2. The summed E-state index contributed by atoms with van der Waals surface area (Å²) in [6.07, 6.45) is 3.87. The number of thiazole rings is 1. The van der Waals surface area contributed by atoms with Crippen LogP contribution in [0.1, 0.15) is 29.1 Å². The van der Waals surface area contributed by atoms with Crippen molar-refractivity contribution < 1.29 is 14.3 Å². The van der Waals surface area contributed by atoms with Crippen LogP contribution in [0.4, 0.5) is 0 Å². The fraction of sp³-hybridized carbons (Fsp3) is 0.350. The molecule has 0 unspecified atom stereocenters. The molecule has 1 aromatic heterocycles. The lowest BCUT2D eigenvalue weighted by Crippen LogP contribution is -2.32. The molecule has 3 rings (SSSR count). The SMILES string of the molecule is COc1cc(/C=C(\C#N)c2nc(C)cs2)ccc1OCC(=O)N1CCCC1. The summed E-state index contributed by atoms with van der Waals surface area (Å²) in [6.45, 7) is 3.49. The van der Waals surface area contributed by atoms with Gasteiger partial charge < -0.3 is 14.4 Å². The molecular formula is C20H21N3O3S. The number of hydrogen-bond acceptors (Lipinski definition) is 6. The quantitative estimate of drug-likeness (QED) is 0.714. The van der Waals surface area contributed by atoms with Gasteiger partial charge in [0.2, 0.25) is 0 Å². The summed E-state index contributed by atoms with van der Waals surface area (Å²) in [5, 5.41) is 12.0. The molecule has 0 atom stereocenters. The Morgan fingerprint density at radius 3 is 2.78 bits per heavy atom. The molecule has 7 heteroatoms. The van der Waals surface area contributed by atoms with E-state index < -0.39 is 0 Å². The number of benzene rings is 1. The van der Waals surface area contributed by atoms with Crippen molar-refractivity contribution in [1.29, 1.82) is 5.26 Å². The van der Waals surface area contributed by atoms with Crippen molar-refractivity contribution in [2.75, 3.05) is 26.8 Å². The fourth-order valence-corrected chi connectivity index (χ4v) is 3.64. The normalized spacial score (nSPS) is 14.1. The van der Waals surface area contributed by atoms with E-state index in [1.54, 1.807) is 25.3 Å². The summed E-state index contributed by atoms with van der Waals surface area (Å²) in [7, 11) is 1.55. The predicted molar refractivity (Wildman–Crippen MR) is 105 cm³/mol. The van der Waals surface area contributed by atoms with Crippen LogP contribution >= 0.6 is 11.3 Å². The lowest BCUT2D eigenvalue weighted by molar-refractivity contribution is -0.132. The van der Waals surface area contributed by atoms with Crippen LogP contribution in [0, 0.1) is 18.3 Å². The zero-order valence-electron chi connectivity index (χ0n) is 15.4. The number of methoxy groups -OCH3 is 1. The fourth-order valence-electron chi connectivity index (χ4n) is 2.88. The van der Waals surface area contributed by atoms with Gasteiger partial charge >= 0.3 is 0 Å². The molecule has 27 heavy (non-hydrogen) atoms. The van der Waals surface area contributed by atoms with E-state index >= 15 is 0 Å². The highest BCUT2D eigenvalue weighted by Gasteiger charge is 2.19. The number of likely N-dealkylation sites (tertiary alicyclic amines) is 1. The topological polar surface area (TPSA) is 75.5 Å². The molecule has 0 N–H and O–H groups in total. The third kappa shape index (κ3) is 4.66. The number of amides is 1. The Kier molecular flexibility index (Phi) is 6.09. The number of carbonyl (C=O) groups excluding carboxylic acids is 1. The van der Waals surface area contributed by atoms with Gasteiger partial charge in [-0.25, -0.2) is 4.98 Å². The molecule has 0 bridgehead atoms. The number of carbonyl (C=O) groups is 1. The molecule has 1 saturated heterocycles. The van der Waals surface area contributed by atoms with E-state index in [0.29, 0.717) is 22.1 Å².